The summed E-state index contributed by atoms with van der Waals surface area (Å²) < 4.78 is 5.34. The van der Waals surface area contributed by atoms with Gasteiger partial charge in [0.1, 0.15) is 23.4 Å². The molecular weight excluding hydrogens is 422 g/mol. The molecule has 0 aromatic heterocycles. The molecule has 1 aromatic rings. The smallest absolute Gasteiger partial charge is 0.408 e. The number of benzene rings is 1. The van der Waals surface area contributed by atoms with Crippen LogP contribution in [0.5, 0.6) is 5.75 Å². The van der Waals surface area contributed by atoms with E-state index in [1.807, 2.05) is 13.8 Å². The van der Waals surface area contributed by atoms with Gasteiger partial charge in [-0.3, -0.25) is 9.59 Å². The number of carbonyl (C=O) groups is 3. The predicted molar refractivity (Wildman–Crippen MR) is 129 cm³/mol. The van der Waals surface area contributed by atoms with Crippen LogP contribution in [0.2, 0.25) is 0 Å². The van der Waals surface area contributed by atoms with Crippen LogP contribution in [-0.4, -0.2) is 53.1 Å². The van der Waals surface area contributed by atoms with Gasteiger partial charge in [-0.1, -0.05) is 52.2 Å². The van der Waals surface area contributed by atoms with Gasteiger partial charge in [-0.25, -0.2) is 4.79 Å². The van der Waals surface area contributed by atoms with Gasteiger partial charge in [0.05, 0.1) is 0 Å². The first-order chi connectivity index (χ1) is 15.4. The minimum atomic E-state index is -0.960. The van der Waals surface area contributed by atoms with Crippen LogP contribution in [0.25, 0.3) is 0 Å². The molecule has 1 aromatic carbocycles. The quantitative estimate of drug-likeness (QED) is 0.428. The zero-order chi connectivity index (χ0) is 25.2. The Morgan fingerprint density at radius 3 is 2.36 bits per heavy atom. The number of nitrogens with one attached hydrogen (secondary N) is 2. The highest BCUT2D eigenvalue weighted by Gasteiger charge is 2.36. The molecule has 8 heteroatoms. The molecule has 0 heterocycles. The fourth-order valence-electron chi connectivity index (χ4n) is 3.39. The highest BCUT2D eigenvalue weighted by atomic mass is 16.6. The highest BCUT2D eigenvalue weighted by Crippen LogP contribution is 2.25. The van der Waals surface area contributed by atoms with E-state index >= 15 is 0 Å². The maximum atomic E-state index is 13.5. The average molecular weight is 464 g/mol. The SMILES string of the molecule is CCCCCNC(=O)C(c1cccc(O)c1)N(C)C(=O)C(NC(=O)OC(C)(C)C)C(C)CC. The van der Waals surface area contributed by atoms with Crippen LogP contribution >= 0.6 is 0 Å². The second-order valence-corrected chi connectivity index (χ2v) is 9.45. The van der Waals surface area contributed by atoms with Crippen molar-refractivity contribution in [3.8, 4) is 5.75 Å². The molecule has 0 radical (unpaired) electrons. The number of nitrogens with zero attached hydrogens (tertiary/aromatic N) is 1. The van der Waals surface area contributed by atoms with Gasteiger partial charge in [0, 0.05) is 13.6 Å². The Bertz CT molecular complexity index is 790. The molecular formula is C25H41N3O5. The van der Waals surface area contributed by atoms with Crippen molar-refractivity contribution in [2.24, 2.45) is 5.92 Å². The maximum Gasteiger partial charge on any atom is 0.408 e. The summed E-state index contributed by atoms with van der Waals surface area (Å²) in [6.07, 6.45) is 2.80. The third kappa shape index (κ3) is 9.32. The van der Waals surface area contributed by atoms with E-state index in [1.165, 1.54) is 24.1 Å². The number of alkyl carbamates (subject to hydrolysis) is 1. The lowest BCUT2D eigenvalue weighted by atomic mass is 9.96. The van der Waals surface area contributed by atoms with E-state index in [0.717, 1.165) is 19.3 Å². The van der Waals surface area contributed by atoms with Crippen molar-refractivity contribution in [1.82, 2.24) is 15.5 Å². The summed E-state index contributed by atoms with van der Waals surface area (Å²) in [6.45, 7) is 11.6. The maximum absolute atomic E-state index is 13.5. The second-order valence-electron chi connectivity index (χ2n) is 9.45. The monoisotopic (exact) mass is 463 g/mol. The lowest BCUT2D eigenvalue weighted by Gasteiger charge is -2.33. The van der Waals surface area contributed by atoms with E-state index in [0.29, 0.717) is 18.5 Å². The predicted octanol–water partition coefficient (Wildman–Crippen LogP) is 4.14. The second kappa shape index (κ2) is 13.1. The van der Waals surface area contributed by atoms with Crippen molar-refractivity contribution < 1.29 is 24.2 Å². The van der Waals surface area contributed by atoms with Crippen molar-refractivity contribution in [3.63, 3.8) is 0 Å². The van der Waals surface area contributed by atoms with Crippen LogP contribution in [0.4, 0.5) is 4.79 Å². The molecule has 8 nitrogen and oxygen atoms in total. The van der Waals surface area contributed by atoms with Gasteiger partial charge in [-0.15, -0.1) is 0 Å². The highest BCUT2D eigenvalue weighted by molar-refractivity contribution is 5.92. The number of hydrogen-bond acceptors (Lipinski definition) is 5. The largest absolute Gasteiger partial charge is 0.508 e. The van der Waals surface area contributed by atoms with E-state index in [-0.39, 0.29) is 17.6 Å². The molecule has 0 saturated heterocycles. The molecule has 186 valence electrons. The Morgan fingerprint density at radius 2 is 1.82 bits per heavy atom. The van der Waals surface area contributed by atoms with E-state index in [9.17, 15) is 19.5 Å². The van der Waals surface area contributed by atoms with Gasteiger partial charge < -0.3 is 25.4 Å². The standard InChI is InChI=1S/C25H41N3O5/c1-8-10-11-15-26-22(30)21(18-13-12-14-19(29)16-18)28(7)23(31)20(17(3)9-2)27-24(32)33-25(4,5)6/h12-14,16-17,20-21,29H,8-11,15H2,1-7H3,(H,26,30)(H,27,32). The molecule has 0 spiro atoms. The molecule has 3 unspecified atom stereocenters. The Morgan fingerprint density at radius 1 is 1.15 bits per heavy atom. The lowest BCUT2D eigenvalue weighted by molar-refractivity contribution is -0.141. The van der Waals surface area contributed by atoms with E-state index < -0.39 is 29.7 Å². The van der Waals surface area contributed by atoms with Gasteiger partial charge >= 0.3 is 6.09 Å². The molecule has 3 N–H and O–H groups in total. The van der Waals surface area contributed by atoms with E-state index in [1.54, 1.807) is 32.9 Å². The third-order valence-electron chi connectivity index (χ3n) is 5.40. The fraction of sp³-hybridized carbons (Fsp3) is 0.640. The molecule has 1 rings (SSSR count). The summed E-state index contributed by atoms with van der Waals surface area (Å²) in [5.41, 5.74) is -0.222. The van der Waals surface area contributed by atoms with Crippen molar-refractivity contribution in [2.75, 3.05) is 13.6 Å². The van der Waals surface area contributed by atoms with Crippen molar-refractivity contribution in [1.29, 1.82) is 0 Å². The number of amides is 3. The number of hydrogen-bond donors (Lipinski definition) is 3. The Labute approximate surface area is 198 Å². The molecule has 0 fully saturated rings. The van der Waals surface area contributed by atoms with Crippen LogP contribution in [0.3, 0.4) is 0 Å². The Kier molecular flexibility index (Phi) is 11.2. The van der Waals surface area contributed by atoms with Crippen LogP contribution < -0.4 is 10.6 Å². The number of rotatable bonds is 11. The van der Waals surface area contributed by atoms with Gasteiger partial charge in [0.25, 0.3) is 0 Å². The minimum Gasteiger partial charge on any atom is -0.508 e. The summed E-state index contributed by atoms with van der Waals surface area (Å²) in [5, 5.41) is 15.6. The summed E-state index contributed by atoms with van der Waals surface area (Å²) in [6, 6.07) is 4.47. The summed E-state index contributed by atoms with van der Waals surface area (Å²) >= 11 is 0. The molecule has 0 aliphatic heterocycles. The number of phenolic OH excluding ortho intramolecular Hbond substituents is 1. The number of aromatic hydroxyl groups is 1. The number of ether oxygens (including phenoxy) is 1. The van der Waals surface area contributed by atoms with E-state index in [2.05, 4.69) is 17.6 Å². The van der Waals surface area contributed by atoms with Gasteiger partial charge in [0.15, 0.2) is 0 Å². The van der Waals surface area contributed by atoms with Gasteiger partial charge in [0.2, 0.25) is 11.8 Å². The molecule has 0 aliphatic rings. The van der Waals surface area contributed by atoms with Crippen molar-refractivity contribution in [2.45, 2.75) is 84.9 Å². The topological polar surface area (TPSA) is 108 Å². The third-order valence-corrected chi connectivity index (χ3v) is 5.40. The number of unbranched alkanes of at least 4 members (excludes halogenated alkanes) is 2. The first kappa shape index (κ1) is 28.3. The normalized spacial score (nSPS) is 14.0. The zero-order valence-corrected chi connectivity index (χ0v) is 21.1. The van der Waals surface area contributed by atoms with Crippen LogP contribution in [0.15, 0.2) is 24.3 Å². The first-order valence-corrected chi connectivity index (χ1v) is 11.7. The minimum absolute atomic E-state index is 0.00230. The van der Waals surface area contributed by atoms with Crippen LogP contribution in [-0.2, 0) is 14.3 Å². The summed E-state index contributed by atoms with van der Waals surface area (Å²) in [4.78, 5) is 40.4. The Hall–Kier alpha value is -2.77. The summed E-state index contributed by atoms with van der Waals surface area (Å²) in [7, 11) is 1.54. The van der Waals surface area contributed by atoms with E-state index in [4.69, 9.17) is 4.74 Å². The molecule has 0 saturated carbocycles. The Balaban J connectivity index is 3.19. The average Bonchev–Trinajstić information content (AvgIpc) is 2.73. The zero-order valence-electron chi connectivity index (χ0n) is 21.1. The lowest BCUT2D eigenvalue weighted by Crippen LogP contribution is -2.54. The number of carbonyl (C=O) groups excluding carboxylic acids is 3. The molecule has 33 heavy (non-hydrogen) atoms. The van der Waals surface area contributed by atoms with Crippen LogP contribution in [0.1, 0.15) is 78.8 Å². The summed E-state index contributed by atoms with van der Waals surface area (Å²) in [5.74, 6) is -0.938. The number of phenols is 1. The van der Waals surface area contributed by atoms with Crippen molar-refractivity contribution >= 4 is 17.9 Å². The molecule has 0 bridgehead atoms. The number of likely N-dealkylation sites (N-methyl/N-ethyl adjacent to an activating group) is 1. The van der Waals surface area contributed by atoms with Gasteiger partial charge in [-0.05, 0) is 50.8 Å². The van der Waals surface area contributed by atoms with Gasteiger partial charge in [-0.2, -0.15) is 0 Å². The fourth-order valence-corrected chi connectivity index (χ4v) is 3.39. The van der Waals surface area contributed by atoms with Crippen LogP contribution in [0, 0.1) is 5.92 Å². The molecule has 3 atom stereocenters. The first-order valence-electron chi connectivity index (χ1n) is 11.7. The van der Waals surface area contributed by atoms with Crippen molar-refractivity contribution in [3.05, 3.63) is 29.8 Å². The molecule has 3 amide bonds. The molecule has 0 aliphatic carbocycles.